The summed E-state index contributed by atoms with van der Waals surface area (Å²) in [6.07, 6.45) is 0. The van der Waals surface area contributed by atoms with E-state index in [9.17, 15) is 0 Å². The molecule has 0 aromatic carbocycles. The molecule has 0 fully saturated rings. The molecule has 0 rings (SSSR count). The minimum Gasteiger partial charge on any atom is -0.394 e. The lowest BCUT2D eigenvalue weighted by Crippen LogP contribution is -2.44. The van der Waals surface area contributed by atoms with Gasteiger partial charge in [0.05, 0.1) is 18.8 Å². The summed E-state index contributed by atoms with van der Waals surface area (Å²) in [7, 11) is 0. The van der Waals surface area contributed by atoms with Gasteiger partial charge < -0.3 is 15.9 Å². The van der Waals surface area contributed by atoms with E-state index in [-0.39, 0.29) is 13.2 Å². The summed E-state index contributed by atoms with van der Waals surface area (Å²) >= 11 is 0. The zero-order valence-corrected chi connectivity index (χ0v) is 4.09. The highest BCUT2D eigenvalue weighted by Crippen LogP contribution is 1.90. The van der Waals surface area contributed by atoms with E-state index in [0.717, 1.165) is 0 Å². The topological polar surface area (TPSA) is 66.5 Å². The van der Waals surface area contributed by atoms with Crippen LogP contribution in [-0.4, -0.2) is 29.0 Å². The van der Waals surface area contributed by atoms with E-state index in [2.05, 4.69) is 6.92 Å². The number of hydrogen-bond donors (Lipinski definition) is 3. The molecule has 0 aromatic heterocycles. The van der Waals surface area contributed by atoms with Crippen LogP contribution < -0.4 is 5.73 Å². The van der Waals surface area contributed by atoms with Crippen molar-refractivity contribution < 1.29 is 10.2 Å². The fourth-order valence-electron chi connectivity index (χ4n) is 0.0500. The molecule has 0 atom stereocenters. The average molecular weight is 104 g/mol. The van der Waals surface area contributed by atoms with Gasteiger partial charge in [0.1, 0.15) is 0 Å². The van der Waals surface area contributed by atoms with Gasteiger partial charge in [0, 0.05) is 0 Å². The smallest absolute Gasteiger partial charge is 0.0633 e. The molecule has 7 heavy (non-hydrogen) atoms. The SMILES string of the molecule is [CH2]C(N)(CO)CO. The maximum atomic E-state index is 8.25. The lowest BCUT2D eigenvalue weighted by atomic mass is 10.1. The summed E-state index contributed by atoms with van der Waals surface area (Å²) in [5, 5.41) is 16.5. The van der Waals surface area contributed by atoms with Gasteiger partial charge in [-0.3, -0.25) is 0 Å². The molecule has 0 bridgehead atoms. The van der Waals surface area contributed by atoms with Gasteiger partial charge in [-0.25, -0.2) is 0 Å². The molecule has 43 valence electrons. The second-order valence-electron chi connectivity index (χ2n) is 1.68. The van der Waals surface area contributed by atoms with Gasteiger partial charge >= 0.3 is 0 Å². The lowest BCUT2D eigenvalue weighted by molar-refractivity contribution is 0.150. The molecule has 0 aliphatic rings. The molecule has 0 amide bonds. The molecule has 3 nitrogen and oxygen atoms in total. The van der Waals surface area contributed by atoms with Crippen molar-refractivity contribution in [3.8, 4) is 0 Å². The Morgan fingerprint density at radius 3 is 1.71 bits per heavy atom. The second-order valence-corrected chi connectivity index (χ2v) is 1.68. The Bertz CT molecular complexity index is 47.7. The molecule has 1 radical (unpaired) electrons. The van der Waals surface area contributed by atoms with Crippen molar-refractivity contribution in [2.45, 2.75) is 5.54 Å². The van der Waals surface area contributed by atoms with Crippen molar-refractivity contribution in [3.05, 3.63) is 6.92 Å². The normalized spacial score (nSPS) is 12.0. The van der Waals surface area contributed by atoms with Crippen LogP contribution in [0.4, 0.5) is 0 Å². The highest BCUT2D eigenvalue weighted by Gasteiger charge is 2.13. The van der Waals surface area contributed by atoms with Crippen molar-refractivity contribution >= 4 is 0 Å². The minimum atomic E-state index is -1.06. The molecule has 0 aliphatic carbocycles. The summed E-state index contributed by atoms with van der Waals surface area (Å²) in [5.41, 5.74) is 4.05. The zero-order chi connectivity index (χ0) is 5.91. The minimum absolute atomic E-state index is 0.288. The molecule has 0 aromatic rings. The lowest BCUT2D eigenvalue weighted by Gasteiger charge is -2.16. The van der Waals surface area contributed by atoms with Gasteiger partial charge in [0.25, 0.3) is 0 Å². The predicted molar refractivity (Wildman–Crippen MR) is 26.4 cm³/mol. The third-order valence-corrected chi connectivity index (χ3v) is 0.630. The number of aliphatic hydroxyl groups is 2. The summed E-state index contributed by atoms with van der Waals surface area (Å²) in [4.78, 5) is 0. The van der Waals surface area contributed by atoms with Gasteiger partial charge in [-0.2, -0.15) is 0 Å². The monoisotopic (exact) mass is 104 g/mol. The van der Waals surface area contributed by atoms with Crippen molar-refractivity contribution in [1.82, 2.24) is 0 Å². The average Bonchev–Trinajstić information content (AvgIpc) is 1.68. The van der Waals surface area contributed by atoms with Crippen LogP contribution >= 0.6 is 0 Å². The molecule has 0 unspecified atom stereocenters. The number of aliphatic hydroxyl groups excluding tert-OH is 2. The fraction of sp³-hybridized carbons (Fsp3) is 0.750. The van der Waals surface area contributed by atoms with E-state index in [1.165, 1.54) is 0 Å². The van der Waals surface area contributed by atoms with Crippen LogP contribution in [-0.2, 0) is 0 Å². The summed E-state index contributed by atoms with van der Waals surface area (Å²) in [5.74, 6) is 0. The molecule has 0 spiro atoms. The Kier molecular flexibility index (Phi) is 2.22. The van der Waals surface area contributed by atoms with Crippen molar-refractivity contribution in [3.63, 3.8) is 0 Å². The Labute approximate surface area is 42.8 Å². The Balaban J connectivity index is 3.36. The fourth-order valence-corrected chi connectivity index (χ4v) is 0.0500. The molecule has 0 aliphatic heterocycles. The van der Waals surface area contributed by atoms with E-state index >= 15 is 0 Å². The summed E-state index contributed by atoms with van der Waals surface area (Å²) in [6, 6.07) is 0. The first-order chi connectivity index (χ1) is 3.12. The van der Waals surface area contributed by atoms with Crippen molar-refractivity contribution in [2.75, 3.05) is 13.2 Å². The van der Waals surface area contributed by atoms with Gasteiger partial charge in [-0.15, -0.1) is 0 Å². The van der Waals surface area contributed by atoms with Crippen LogP contribution in [0.1, 0.15) is 0 Å². The highest BCUT2D eigenvalue weighted by atomic mass is 16.3. The number of rotatable bonds is 2. The van der Waals surface area contributed by atoms with Crippen LogP contribution in [0.2, 0.25) is 0 Å². The summed E-state index contributed by atoms with van der Waals surface area (Å²) < 4.78 is 0. The van der Waals surface area contributed by atoms with Crippen molar-refractivity contribution in [1.29, 1.82) is 0 Å². The number of nitrogens with two attached hydrogens (primary N) is 1. The van der Waals surface area contributed by atoms with E-state index in [0.29, 0.717) is 0 Å². The van der Waals surface area contributed by atoms with E-state index in [1.54, 1.807) is 0 Å². The Hall–Kier alpha value is -0.120. The maximum absolute atomic E-state index is 8.25. The van der Waals surface area contributed by atoms with Gasteiger partial charge in [0.2, 0.25) is 0 Å². The van der Waals surface area contributed by atoms with E-state index < -0.39 is 5.54 Å². The second kappa shape index (κ2) is 2.26. The quantitative estimate of drug-likeness (QED) is 0.399. The van der Waals surface area contributed by atoms with Gasteiger partial charge in [-0.1, -0.05) is 0 Å². The van der Waals surface area contributed by atoms with Crippen LogP contribution in [0.25, 0.3) is 0 Å². The molecule has 0 heterocycles. The first kappa shape index (κ1) is 6.88. The van der Waals surface area contributed by atoms with E-state index in [4.69, 9.17) is 15.9 Å². The molecule has 3 heteroatoms. The van der Waals surface area contributed by atoms with Crippen LogP contribution in [0.15, 0.2) is 0 Å². The molecular formula is C4H10NO2. The molecule has 0 saturated carbocycles. The van der Waals surface area contributed by atoms with Gasteiger partial charge in [-0.05, 0) is 6.92 Å². The largest absolute Gasteiger partial charge is 0.394 e. The standard InChI is InChI=1S/C4H10NO2/c1-4(5,2-6)3-7/h6-7H,1-3,5H2. The maximum Gasteiger partial charge on any atom is 0.0633 e. The molecule has 4 N–H and O–H groups in total. The zero-order valence-electron chi connectivity index (χ0n) is 4.09. The molecular weight excluding hydrogens is 94.0 g/mol. The third-order valence-electron chi connectivity index (χ3n) is 0.630. The first-order valence-corrected chi connectivity index (χ1v) is 1.98. The molecule has 0 saturated heterocycles. The Morgan fingerprint density at radius 2 is 1.71 bits per heavy atom. The number of hydrogen-bond acceptors (Lipinski definition) is 3. The van der Waals surface area contributed by atoms with Crippen LogP contribution in [0.5, 0.6) is 0 Å². The van der Waals surface area contributed by atoms with Gasteiger partial charge in [0.15, 0.2) is 0 Å². The summed E-state index contributed by atoms with van der Waals surface area (Å²) in [6.45, 7) is 2.71. The third kappa shape index (κ3) is 2.56. The van der Waals surface area contributed by atoms with E-state index in [1.807, 2.05) is 0 Å². The van der Waals surface area contributed by atoms with Crippen molar-refractivity contribution in [2.24, 2.45) is 5.73 Å². The van der Waals surface area contributed by atoms with Crippen LogP contribution in [0, 0.1) is 6.92 Å². The first-order valence-electron chi connectivity index (χ1n) is 1.98. The Morgan fingerprint density at radius 1 is 1.43 bits per heavy atom. The highest BCUT2D eigenvalue weighted by molar-refractivity contribution is 4.84. The van der Waals surface area contributed by atoms with Crippen LogP contribution in [0.3, 0.4) is 0 Å². The predicted octanol–water partition coefficient (Wildman–Crippen LogP) is -1.50.